The quantitative estimate of drug-likeness (QED) is 0.842. The molecule has 0 bridgehead atoms. The van der Waals surface area contributed by atoms with E-state index < -0.39 is 0 Å². The van der Waals surface area contributed by atoms with Crippen molar-refractivity contribution in [3.63, 3.8) is 0 Å². The fourth-order valence-corrected chi connectivity index (χ4v) is 2.64. The van der Waals surface area contributed by atoms with Crippen molar-refractivity contribution in [3.8, 4) is 0 Å². The van der Waals surface area contributed by atoms with Crippen molar-refractivity contribution in [1.29, 1.82) is 0 Å². The predicted octanol–water partition coefficient (Wildman–Crippen LogP) is 3.57. The number of ketones is 1. The van der Waals surface area contributed by atoms with Gasteiger partial charge < -0.3 is 9.72 Å². The lowest BCUT2D eigenvalue weighted by Crippen LogP contribution is -2.20. The van der Waals surface area contributed by atoms with Crippen molar-refractivity contribution in [2.24, 2.45) is 0 Å². The molecule has 1 aromatic heterocycles. The molecule has 0 radical (unpaired) electrons. The van der Waals surface area contributed by atoms with Crippen LogP contribution in [0.15, 0.2) is 24.4 Å². The van der Waals surface area contributed by atoms with E-state index in [9.17, 15) is 4.79 Å². The fourth-order valence-electron chi connectivity index (χ4n) is 2.47. The number of hydrogen-bond donors (Lipinski definition) is 1. The molecule has 2 aromatic rings. The molecule has 1 aromatic carbocycles. The first kappa shape index (κ1) is 11.8. The molecule has 1 aliphatic rings. The van der Waals surface area contributed by atoms with Gasteiger partial charge in [0.25, 0.3) is 0 Å². The van der Waals surface area contributed by atoms with Crippen LogP contribution in [-0.2, 0) is 4.74 Å². The van der Waals surface area contributed by atoms with Gasteiger partial charge in [0.1, 0.15) is 6.10 Å². The molecule has 3 nitrogen and oxygen atoms in total. The van der Waals surface area contributed by atoms with Crippen molar-refractivity contribution in [2.45, 2.75) is 32.0 Å². The third-order valence-electron chi connectivity index (χ3n) is 3.43. The van der Waals surface area contributed by atoms with E-state index in [0.717, 1.165) is 23.7 Å². The maximum atomic E-state index is 12.4. The Kier molecular flexibility index (Phi) is 2.88. The van der Waals surface area contributed by atoms with E-state index in [0.29, 0.717) is 10.6 Å². The van der Waals surface area contributed by atoms with Crippen LogP contribution in [0.25, 0.3) is 10.9 Å². The molecular formula is C14H14ClNO2. The number of carbonyl (C=O) groups is 1. The molecule has 2 heterocycles. The first-order valence-corrected chi connectivity index (χ1v) is 6.49. The SMILES string of the molecule is CC1CCC(C(=O)c2c[nH]c3cc(Cl)ccc23)O1. The minimum Gasteiger partial charge on any atom is -0.367 e. The normalized spacial score (nSPS) is 23.7. The first-order valence-electron chi connectivity index (χ1n) is 6.11. The van der Waals surface area contributed by atoms with Crippen molar-refractivity contribution in [3.05, 3.63) is 35.0 Å². The standard InChI is InChI=1S/C14H14ClNO2/c1-8-2-5-13(18-8)14(17)11-7-16-12-6-9(15)3-4-10(11)12/h3-4,6-8,13,16H,2,5H2,1H3. The van der Waals surface area contributed by atoms with Crippen molar-refractivity contribution >= 4 is 28.3 Å². The zero-order chi connectivity index (χ0) is 12.7. The van der Waals surface area contributed by atoms with Crippen LogP contribution >= 0.6 is 11.6 Å². The third-order valence-corrected chi connectivity index (χ3v) is 3.67. The topological polar surface area (TPSA) is 42.1 Å². The number of carbonyl (C=O) groups excluding carboxylic acids is 1. The van der Waals surface area contributed by atoms with Crippen LogP contribution in [0, 0.1) is 0 Å². The number of fused-ring (bicyclic) bond motifs is 1. The highest BCUT2D eigenvalue weighted by Gasteiger charge is 2.30. The average molecular weight is 264 g/mol. The van der Waals surface area contributed by atoms with Gasteiger partial charge in [-0.05, 0) is 31.9 Å². The fraction of sp³-hybridized carbons (Fsp3) is 0.357. The van der Waals surface area contributed by atoms with Crippen LogP contribution in [0.1, 0.15) is 30.1 Å². The predicted molar refractivity (Wildman–Crippen MR) is 71.2 cm³/mol. The Hall–Kier alpha value is -1.32. The number of nitrogens with one attached hydrogen (secondary N) is 1. The minimum atomic E-state index is -0.297. The van der Waals surface area contributed by atoms with E-state index in [1.54, 1.807) is 12.3 Å². The van der Waals surface area contributed by atoms with Crippen LogP contribution < -0.4 is 0 Å². The molecule has 1 aliphatic heterocycles. The Morgan fingerprint density at radius 2 is 2.28 bits per heavy atom. The van der Waals surface area contributed by atoms with Gasteiger partial charge in [0, 0.05) is 27.7 Å². The first-order chi connectivity index (χ1) is 8.65. The Bertz CT molecular complexity index is 605. The summed E-state index contributed by atoms with van der Waals surface area (Å²) in [6, 6.07) is 5.50. The molecule has 4 heteroatoms. The summed E-state index contributed by atoms with van der Waals surface area (Å²) in [6.07, 6.45) is 3.38. The third kappa shape index (κ3) is 1.93. The molecule has 0 spiro atoms. The summed E-state index contributed by atoms with van der Waals surface area (Å²) < 4.78 is 5.63. The summed E-state index contributed by atoms with van der Waals surface area (Å²) in [5.41, 5.74) is 1.58. The molecule has 3 rings (SSSR count). The molecule has 0 amide bonds. The second kappa shape index (κ2) is 4.41. The van der Waals surface area contributed by atoms with Gasteiger partial charge in [0.2, 0.25) is 0 Å². The number of aromatic amines is 1. The number of Topliss-reactive ketones (excluding diaryl/α,β-unsaturated/α-hetero) is 1. The van der Waals surface area contributed by atoms with E-state index in [4.69, 9.17) is 16.3 Å². The van der Waals surface area contributed by atoms with Gasteiger partial charge in [-0.25, -0.2) is 0 Å². The van der Waals surface area contributed by atoms with E-state index >= 15 is 0 Å². The second-order valence-corrected chi connectivity index (χ2v) is 5.21. The average Bonchev–Trinajstić information content (AvgIpc) is 2.94. The molecule has 94 valence electrons. The molecular weight excluding hydrogens is 250 g/mol. The largest absolute Gasteiger partial charge is 0.367 e. The molecule has 18 heavy (non-hydrogen) atoms. The summed E-state index contributed by atoms with van der Waals surface area (Å²) in [5.74, 6) is 0.0629. The summed E-state index contributed by atoms with van der Waals surface area (Å²) >= 11 is 5.92. The summed E-state index contributed by atoms with van der Waals surface area (Å²) in [6.45, 7) is 2.00. The molecule has 0 saturated carbocycles. The number of ether oxygens (including phenoxy) is 1. The molecule has 1 fully saturated rings. The molecule has 1 saturated heterocycles. The minimum absolute atomic E-state index is 0.0629. The van der Waals surface area contributed by atoms with E-state index in [-0.39, 0.29) is 18.0 Å². The Labute approximate surface area is 110 Å². The molecule has 2 unspecified atom stereocenters. The Morgan fingerprint density at radius 3 is 3.00 bits per heavy atom. The van der Waals surface area contributed by atoms with Gasteiger partial charge in [-0.3, -0.25) is 4.79 Å². The van der Waals surface area contributed by atoms with Gasteiger partial charge >= 0.3 is 0 Å². The van der Waals surface area contributed by atoms with Crippen LogP contribution in [0.4, 0.5) is 0 Å². The monoisotopic (exact) mass is 263 g/mol. The van der Waals surface area contributed by atoms with Gasteiger partial charge in [0.05, 0.1) is 6.10 Å². The number of rotatable bonds is 2. The van der Waals surface area contributed by atoms with Crippen molar-refractivity contribution in [1.82, 2.24) is 4.98 Å². The molecule has 1 N–H and O–H groups in total. The lowest BCUT2D eigenvalue weighted by molar-refractivity contribution is 0.0435. The highest BCUT2D eigenvalue weighted by atomic mass is 35.5. The number of H-pyrrole nitrogens is 1. The Balaban J connectivity index is 1.97. The molecule has 0 aliphatic carbocycles. The maximum Gasteiger partial charge on any atom is 0.193 e. The lowest BCUT2D eigenvalue weighted by Gasteiger charge is -2.09. The van der Waals surface area contributed by atoms with Crippen LogP contribution in [-0.4, -0.2) is 23.0 Å². The second-order valence-electron chi connectivity index (χ2n) is 4.77. The van der Waals surface area contributed by atoms with E-state index in [2.05, 4.69) is 4.98 Å². The maximum absolute atomic E-state index is 12.4. The van der Waals surface area contributed by atoms with Gasteiger partial charge in [-0.1, -0.05) is 17.7 Å². The van der Waals surface area contributed by atoms with Gasteiger partial charge in [0.15, 0.2) is 5.78 Å². The zero-order valence-corrected chi connectivity index (χ0v) is 10.8. The van der Waals surface area contributed by atoms with Gasteiger partial charge in [-0.2, -0.15) is 0 Å². The van der Waals surface area contributed by atoms with E-state index in [1.807, 2.05) is 19.1 Å². The van der Waals surface area contributed by atoms with Crippen LogP contribution in [0.5, 0.6) is 0 Å². The highest BCUT2D eigenvalue weighted by molar-refractivity contribution is 6.31. The summed E-state index contributed by atoms with van der Waals surface area (Å²) in [4.78, 5) is 15.5. The van der Waals surface area contributed by atoms with Crippen molar-refractivity contribution in [2.75, 3.05) is 0 Å². The van der Waals surface area contributed by atoms with Crippen molar-refractivity contribution < 1.29 is 9.53 Å². The van der Waals surface area contributed by atoms with Crippen LogP contribution in [0.2, 0.25) is 5.02 Å². The number of benzene rings is 1. The highest BCUT2D eigenvalue weighted by Crippen LogP contribution is 2.27. The molecule has 2 atom stereocenters. The number of hydrogen-bond acceptors (Lipinski definition) is 2. The van der Waals surface area contributed by atoms with Crippen LogP contribution in [0.3, 0.4) is 0 Å². The van der Waals surface area contributed by atoms with E-state index in [1.165, 1.54) is 0 Å². The number of halogens is 1. The Morgan fingerprint density at radius 1 is 1.44 bits per heavy atom. The van der Waals surface area contributed by atoms with Gasteiger partial charge in [-0.15, -0.1) is 0 Å². The number of aromatic nitrogens is 1. The zero-order valence-electron chi connectivity index (χ0n) is 10.1. The summed E-state index contributed by atoms with van der Waals surface area (Å²) in [7, 11) is 0. The summed E-state index contributed by atoms with van der Waals surface area (Å²) in [5, 5.41) is 1.57. The smallest absolute Gasteiger partial charge is 0.193 e. The lowest BCUT2D eigenvalue weighted by atomic mass is 10.0.